The van der Waals surface area contributed by atoms with Gasteiger partial charge in [0.15, 0.2) is 0 Å². The smallest absolute Gasteiger partial charge is 0.324 e. The number of nitrogens with one attached hydrogen (secondary N) is 2. The van der Waals surface area contributed by atoms with Crippen molar-refractivity contribution < 1.29 is 9.59 Å². The van der Waals surface area contributed by atoms with Crippen LogP contribution in [-0.4, -0.2) is 36.5 Å². The summed E-state index contributed by atoms with van der Waals surface area (Å²) in [6.45, 7) is 3.16. The second-order valence-electron chi connectivity index (χ2n) is 4.29. The molecule has 96 valence electrons. The molecule has 0 unspecified atom stereocenters. The Hall–Kier alpha value is -1.88. The van der Waals surface area contributed by atoms with Gasteiger partial charge in [0, 0.05) is 19.1 Å². The van der Waals surface area contributed by atoms with E-state index in [1.165, 1.54) is 4.90 Å². The standard InChI is InChI=1S/C13H17N3O2/c1-10(11-5-3-2-4-6-11)15-9-12(17)16-8-7-14-13(16)18/h2-6,10,15H,7-9H2,1H3,(H,14,18)/t10-/m0/s1. The second-order valence-corrected chi connectivity index (χ2v) is 4.29. The van der Waals surface area contributed by atoms with Crippen LogP contribution in [0.3, 0.4) is 0 Å². The fourth-order valence-electron chi connectivity index (χ4n) is 1.90. The van der Waals surface area contributed by atoms with Gasteiger partial charge in [-0.25, -0.2) is 4.79 Å². The molecule has 1 aromatic rings. The molecule has 0 radical (unpaired) electrons. The van der Waals surface area contributed by atoms with E-state index in [-0.39, 0.29) is 24.5 Å². The van der Waals surface area contributed by atoms with Crippen molar-refractivity contribution in [2.75, 3.05) is 19.6 Å². The fourth-order valence-corrected chi connectivity index (χ4v) is 1.90. The van der Waals surface area contributed by atoms with Crippen LogP contribution in [0, 0.1) is 0 Å². The highest BCUT2D eigenvalue weighted by atomic mass is 16.2. The average molecular weight is 247 g/mol. The normalized spacial score (nSPS) is 16.5. The van der Waals surface area contributed by atoms with E-state index < -0.39 is 0 Å². The molecule has 3 amide bonds. The highest BCUT2D eigenvalue weighted by Gasteiger charge is 2.25. The van der Waals surface area contributed by atoms with Crippen molar-refractivity contribution in [2.24, 2.45) is 0 Å². The van der Waals surface area contributed by atoms with E-state index in [2.05, 4.69) is 10.6 Å². The number of carbonyl (C=O) groups excluding carboxylic acids is 2. The summed E-state index contributed by atoms with van der Waals surface area (Å²) in [5, 5.41) is 5.73. The molecule has 1 heterocycles. The Balaban J connectivity index is 1.84. The molecule has 1 saturated heterocycles. The fraction of sp³-hybridized carbons (Fsp3) is 0.385. The van der Waals surface area contributed by atoms with Crippen LogP contribution in [0.2, 0.25) is 0 Å². The maximum absolute atomic E-state index is 11.8. The summed E-state index contributed by atoms with van der Waals surface area (Å²) in [4.78, 5) is 24.3. The predicted molar refractivity (Wildman–Crippen MR) is 68.0 cm³/mol. The zero-order valence-electron chi connectivity index (χ0n) is 10.3. The van der Waals surface area contributed by atoms with Gasteiger partial charge in [0.2, 0.25) is 5.91 Å². The minimum absolute atomic E-state index is 0.0841. The quantitative estimate of drug-likeness (QED) is 0.830. The molecule has 5 heteroatoms. The van der Waals surface area contributed by atoms with Gasteiger partial charge in [0.05, 0.1) is 6.54 Å². The van der Waals surface area contributed by atoms with Crippen LogP contribution in [0.4, 0.5) is 4.79 Å². The maximum atomic E-state index is 11.8. The Morgan fingerprint density at radius 3 is 2.78 bits per heavy atom. The summed E-state index contributed by atoms with van der Waals surface area (Å²) in [5.74, 6) is -0.187. The van der Waals surface area contributed by atoms with Crippen LogP contribution in [0.25, 0.3) is 0 Å². The van der Waals surface area contributed by atoms with E-state index in [0.717, 1.165) is 5.56 Å². The average Bonchev–Trinajstić information content (AvgIpc) is 2.83. The third-order valence-corrected chi connectivity index (χ3v) is 3.02. The number of amides is 3. The molecule has 0 aliphatic carbocycles. The van der Waals surface area contributed by atoms with Gasteiger partial charge in [-0.05, 0) is 12.5 Å². The summed E-state index contributed by atoms with van der Waals surface area (Å²) in [6, 6.07) is 9.67. The Bertz CT molecular complexity index is 433. The number of benzene rings is 1. The molecule has 1 aromatic carbocycles. The van der Waals surface area contributed by atoms with Gasteiger partial charge < -0.3 is 10.6 Å². The van der Waals surface area contributed by atoms with Crippen molar-refractivity contribution >= 4 is 11.9 Å². The highest BCUT2D eigenvalue weighted by molar-refractivity contribution is 5.96. The first kappa shape index (κ1) is 12.6. The van der Waals surface area contributed by atoms with E-state index in [9.17, 15) is 9.59 Å². The highest BCUT2D eigenvalue weighted by Crippen LogP contribution is 2.10. The maximum Gasteiger partial charge on any atom is 0.324 e. The summed E-state index contributed by atoms with van der Waals surface area (Å²) in [6.07, 6.45) is 0. The van der Waals surface area contributed by atoms with E-state index in [0.29, 0.717) is 13.1 Å². The van der Waals surface area contributed by atoms with Crippen LogP contribution < -0.4 is 10.6 Å². The van der Waals surface area contributed by atoms with Crippen molar-refractivity contribution in [2.45, 2.75) is 13.0 Å². The largest absolute Gasteiger partial charge is 0.336 e. The Morgan fingerprint density at radius 1 is 1.44 bits per heavy atom. The number of hydrogen-bond donors (Lipinski definition) is 2. The first-order chi connectivity index (χ1) is 8.68. The van der Waals surface area contributed by atoms with Crippen LogP contribution >= 0.6 is 0 Å². The lowest BCUT2D eigenvalue weighted by atomic mass is 10.1. The van der Waals surface area contributed by atoms with Gasteiger partial charge >= 0.3 is 6.03 Å². The number of rotatable bonds is 4. The molecule has 1 fully saturated rings. The molecule has 1 aliphatic heterocycles. The predicted octanol–water partition coefficient (Wildman–Crippen LogP) is 0.889. The Morgan fingerprint density at radius 2 is 2.17 bits per heavy atom. The van der Waals surface area contributed by atoms with Crippen LogP contribution in [0.1, 0.15) is 18.5 Å². The lowest BCUT2D eigenvalue weighted by molar-refractivity contribution is -0.126. The van der Waals surface area contributed by atoms with E-state index in [1.54, 1.807) is 0 Å². The molecular formula is C13H17N3O2. The third-order valence-electron chi connectivity index (χ3n) is 3.02. The van der Waals surface area contributed by atoms with Crippen LogP contribution in [0.15, 0.2) is 30.3 Å². The van der Waals surface area contributed by atoms with Gasteiger partial charge in [0.25, 0.3) is 0 Å². The molecule has 18 heavy (non-hydrogen) atoms. The van der Waals surface area contributed by atoms with Gasteiger partial charge in [-0.1, -0.05) is 30.3 Å². The molecule has 0 bridgehead atoms. The molecule has 1 atom stereocenters. The molecule has 0 aromatic heterocycles. The minimum Gasteiger partial charge on any atom is -0.336 e. The van der Waals surface area contributed by atoms with Crippen molar-refractivity contribution in [3.8, 4) is 0 Å². The monoisotopic (exact) mass is 247 g/mol. The van der Waals surface area contributed by atoms with Gasteiger partial charge in [0.1, 0.15) is 0 Å². The third kappa shape index (κ3) is 2.87. The number of nitrogens with zero attached hydrogens (tertiary/aromatic N) is 1. The molecule has 1 aliphatic rings. The van der Waals surface area contributed by atoms with E-state index >= 15 is 0 Å². The molecule has 5 nitrogen and oxygen atoms in total. The Kier molecular flexibility index (Phi) is 3.94. The van der Waals surface area contributed by atoms with Crippen molar-refractivity contribution in [1.82, 2.24) is 15.5 Å². The van der Waals surface area contributed by atoms with Gasteiger partial charge in [-0.2, -0.15) is 0 Å². The zero-order chi connectivity index (χ0) is 13.0. The first-order valence-corrected chi connectivity index (χ1v) is 6.05. The SMILES string of the molecule is C[C@H](NCC(=O)N1CCNC1=O)c1ccccc1. The molecule has 2 rings (SSSR count). The van der Waals surface area contributed by atoms with E-state index in [4.69, 9.17) is 0 Å². The van der Waals surface area contributed by atoms with Gasteiger partial charge in [-0.3, -0.25) is 9.69 Å². The number of carbonyl (C=O) groups is 2. The lowest BCUT2D eigenvalue weighted by Crippen LogP contribution is -2.40. The first-order valence-electron chi connectivity index (χ1n) is 6.05. The summed E-state index contributed by atoms with van der Waals surface area (Å²) in [5.41, 5.74) is 1.12. The molecule has 0 saturated carbocycles. The second kappa shape index (κ2) is 5.64. The van der Waals surface area contributed by atoms with Crippen molar-refractivity contribution in [1.29, 1.82) is 0 Å². The van der Waals surface area contributed by atoms with Gasteiger partial charge in [-0.15, -0.1) is 0 Å². The lowest BCUT2D eigenvalue weighted by Gasteiger charge is -2.16. The molecular weight excluding hydrogens is 230 g/mol. The topological polar surface area (TPSA) is 61.4 Å². The van der Waals surface area contributed by atoms with Crippen molar-refractivity contribution in [3.05, 3.63) is 35.9 Å². The summed E-state index contributed by atoms with van der Waals surface area (Å²) in [7, 11) is 0. The summed E-state index contributed by atoms with van der Waals surface area (Å²) >= 11 is 0. The van der Waals surface area contributed by atoms with Crippen LogP contribution in [0.5, 0.6) is 0 Å². The van der Waals surface area contributed by atoms with Crippen molar-refractivity contribution in [3.63, 3.8) is 0 Å². The van der Waals surface area contributed by atoms with E-state index in [1.807, 2.05) is 37.3 Å². The molecule has 2 N–H and O–H groups in total. The van der Waals surface area contributed by atoms with Crippen LogP contribution in [-0.2, 0) is 4.79 Å². The summed E-state index contributed by atoms with van der Waals surface area (Å²) < 4.78 is 0. The number of hydrogen-bond acceptors (Lipinski definition) is 3. The molecule has 0 spiro atoms. The minimum atomic E-state index is -0.297. The Labute approximate surface area is 106 Å². The zero-order valence-corrected chi connectivity index (χ0v) is 10.3. The number of imide groups is 1. The number of urea groups is 1.